The lowest BCUT2D eigenvalue weighted by atomic mass is 10.1. The van der Waals surface area contributed by atoms with E-state index in [0.29, 0.717) is 0 Å². The maximum Gasteiger partial charge on any atom is 0.237 e. The fourth-order valence-corrected chi connectivity index (χ4v) is 2.10. The Hall–Kier alpha value is -1.55. The Bertz CT molecular complexity index is 400. The molecule has 4 heteroatoms. The first-order valence-electron chi connectivity index (χ1n) is 5.99. The number of nitrogens with one attached hydrogen (secondary N) is 2. The van der Waals surface area contributed by atoms with Crippen LogP contribution in [-0.2, 0) is 4.79 Å². The van der Waals surface area contributed by atoms with E-state index in [0.717, 1.165) is 24.9 Å². The topological polar surface area (TPSA) is 61.4 Å². The molecule has 4 nitrogen and oxygen atoms in total. The molecule has 0 spiro atoms. The fourth-order valence-electron chi connectivity index (χ4n) is 2.10. The maximum absolute atomic E-state index is 11.9. The first-order chi connectivity index (χ1) is 8.16. The average Bonchev–Trinajstić information content (AvgIpc) is 2.82. The van der Waals surface area contributed by atoms with Crippen molar-refractivity contribution in [3.63, 3.8) is 0 Å². The van der Waals surface area contributed by atoms with Crippen molar-refractivity contribution in [3.8, 4) is 5.75 Å². The summed E-state index contributed by atoms with van der Waals surface area (Å²) in [6.07, 6.45) is 1.96. The third-order valence-corrected chi connectivity index (χ3v) is 3.11. The molecule has 92 valence electrons. The van der Waals surface area contributed by atoms with Gasteiger partial charge in [0.25, 0.3) is 0 Å². The number of carbonyl (C=O) groups is 1. The molecule has 1 heterocycles. The Kier molecular flexibility index (Phi) is 3.64. The fraction of sp³-hybridized carbons (Fsp3) is 0.462. The van der Waals surface area contributed by atoms with Gasteiger partial charge >= 0.3 is 0 Å². The summed E-state index contributed by atoms with van der Waals surface area (Å²) in [6, 6.07) is 6.82. The van der Waals surface area contributed by atoms with E-state index in [-0.39, 0.29) is 23.7 Å². The van der Waals surface area contributed by atoms with Gasteiger partial charge in [0.2, 0.25) is 5.91 Å². The highest BCUT2D eigenvalue weighted by Crippen LogP contribution is 2.18. The minimum absolute atomic E-state index is 0.0401. The normalized spacial score (nSPS) is 21.1. The van der Waals surface area contributed by atoms with Gasteiger partial charge in [-0.3, -0.25) is 4.79 Å². The van der Waals surface area contributed by atoms with Gasteiger partial charge in [-0.25, -0.2) is 0 Å². The molecule has 2 unspecified atom stereocenters. The van der Waals surface area contributed by atoms with Crippen LogP contribution in [0.15, 0.2) is 24.3 Å². The molecule has 1 aromatic rings. The predicted molar refractivity (Wildman–Crippen MR) is 65.7 cm³/mol. The molecule has 1 saturated heterocycles. The standard InChI is InChI=1S/C13H18N2O2/c1-9(10-4-2-5-11(16)8-10)15-13(17)12-6-3-7-14-12/h2,4-5,8-9,12,14,16H,3,6-7H2,1H3,(H,15,17). The Morgan fingerprint density at radius 2 is 2.41 bits per heavy atom. The molecule has 0 aromatic heterocycles. The SMILES string of the molecule is CC(NC(=O)C1CCCN1)c1cccc(O)c1. The molecule has 0 bridgehead atoms. The smallest absolute Gasteiger partial charge is 0.237 e. The van der Waals surface area contributed by atoms with Gasteiger partial charge < -0.3 is 15.7 Å². The molecule has 1 aromatic carbocycles. The van der Waals surface area contributed by atoms with E-state index in [1.165, 1.54) is 0 Å². The average molecular weight is 234 g/mol. The number of hydrogen-bond acceptors (Lipinski definition) is 3. The molecule has 0 saturated carbocycles. The van der Waals surface area contributed by atoms with Crippen molar-refractivity contribution in [3.05, 3.63) is 29.8 Å². The van der Waals surface area contributed by atoms with Crippen LogP contribution in [0.1, 0.15) is 31.4 Å². The molecule has 0 aliphatic carbocycles. The van der Waals surface area contributed by atoms with Gasteiger partial charge in [0.05, 0.1) is 12.1 Å². The van der Waals surface area contributed by atoms with E-state index in [2.05, 4.69) is 10.6 Å². The minimum Gasteiger partial charge on any atom is -0.508 e. The number of carbonyl (C=O) groups excluding carboxylic acids is 1. The number of phenolic OH excluding ortho intramolecular Hbond substituents is 1. The van der Waals surface area contributed by atoms with E-state index < -0.39 is 0 Å². The van der Waals surface area contributed by atoms with Crippen LogP contribution in [0, 0.1) is 0 Å². The van der Waals surface area contributed by atoms with Crippen molar-refractivity contribution in [2.75, 3.05) is 6.54 Å². The van der Waals surface area contributed by atoms with Gasteiger partial charge in [0.15, 0.2) is 0 Å². The summed E-state index contributed by atoms with van der Waals surface area (Å²) in [5, 5.41) is 15.5. The molecule has 17 heavy (non-hydrogen) atoms. The molecule has 1 aliphatic rings. The third-order valence-electron chi connectivity index (χ3n) is 3.11. The second-order valence-electron chi connectivity index (χ2n) is 4.47. The van der Waals surface area contributed by atoms with Gasteiger partial charge in [-0.1, -0.05) is 12.1 Å². The van der Waals surface area contributed by atoms with E-state index >= 15 is 0 Å². The molecule has 1 amide bonds. The van der Waals surface area contributed by atoms with E-state index in [1.54, 1.807) is 18.2 Å². The number of amides is 1. The van der Waals surface area contributed by atoms with Crippen molar-refractivity contribution >= 4 is 5.91 Å². The molecule has 1 aliphatic heterocycles. The minimum atomic E-state index is -0.0861. The molecule has 2 atom stereocenters. The van der Waals surface area contributed by atoms with E-state index in [1.807, 2.05) is 13.0 Å². The zero-order chi connectivity index (χ0) is 12.3. The van der Waals surface area contributed by atoms with Crippen LogP contribution in [-0.4, -0.2) is 23.6 Å². The van der Waals surface area contributed by atoms with Gasteiger partial charge in [0, 0.05) is 0 Å². The zero-order valence-electron chi connectivity index (χ0n) is 9.94. The highest BCUT2D eigenvalue weighted by molar-refractivity contribution is 5.82. The Morgan fingerprint density at radius 3 is 3.06 bits per heavy atom. The molecular formula is C13H18N2O2. The number of rotatable bonds is 3. The van der Waals surface area contributed by atoms with Crippen LogP contribution in [0.2, 0.25) is 0 Å². The van der Waals surface area contributed by atoms with Crippen LogP contribution >= 0.6 is 0 Å². The maximum atomic E-state index is 11.9. The summed E-state index contributed by atoms with van der Waals surface area (Å²) in [6.45, 7) is 2.83. The summed E-state index contributed by atoms with van der Waals surface area (Å²) in [5.41, 5.74) is 0.913. The number of hydrogen-bond donors (Lipinski definition) is 3. The lowest BCUT2D eigenvalue weighted by Gasteiger charge is -2.17. The highest BCUT2D eigenvalue weighted by atomic mass is 16.3. The van der Waals surface area contributed by atoms with Crippen molar-refractivity contribution < 1.29 is 9.90 Å². The summed E-state index contributed by atoms with van der Waals surface area (Å²) in [5.74, 6) is 0.265. The van der Waals surface area contributed by atoms with Crippen LogP contribution in [0.4, 0.5) is 0 Å². The Morgan fingerprint density at radius 1 is 1.59 bits per heavy atom. The lowest BCUT2D eigenvalue weighted by molar-refractivity contribution is -0.123. The third kappa shape index (κ3) is 2.97. The monoisotopic (exact) mass is 234 g/mol. The molecule has 3 N–H and O–H groups in total. The number of benzene rings is 1. The highest BCUT2D eigenvalue weighted by Gasteiger charge is 2.23. The van der Waals surface area contributed by atoms with Crippen LogP contribution in [0.5, 0.6) is 5.75 Å². The second-order valence-corrected chi connectivity index (χ2v) is 4.47. The van der Waals surface area contributed by atoms with Crippen LogP contribution in [0.3, 0.4) is 0 Å². The van der Waals surface area contributed by atoms with Crippen LogP contribution in [0.25, 0.3) is 0 Å². The van der Waals surface area contributed by atoms with Gasteiger partial charge in [-0.05, 0) is 44.0 Å². The summed E-state index contributed by atoms with van der Waals surface area (Å²) in [4.78, 5) is 11.9. The number of phenols is 1. The van der Waals surface area contributed by atoms with Gasteiger partial charge in [0.1, 0.15) is 5.75 Å². The van der Waals surface area contributed by atoms with E-state index in [4.69, 9.17) is 0 Å². The number of aromatic hydroxyl groups is 1. The first-order valence-corrected chi connectivity index (χ1v) is 5.99. The van der Waals surface area contributed by atoms with Crippen molar-refractivity contribution in [2.24, 2.45) is 0 Å². The summed E-state index contributed by atoms with van der Waals surface area (Å²) < 4.78 is 0. The summed E-state index contributed by atoms with van der Waals surface area (Å²) in [7, 11) is 0. The molecule has 0 radical (unpaired) electrons. The molecular weight excluding hydrogens is 216 g/mol. The molecule has 1 fully saturated rings. The van der Waals surface area contributed by atoms with E-state index in [9.17, 15) is 9.90 Å². The summed E-state index contributed by atoms with van der Waals surface area (Å²) >= 11 is 0. The quantitative estimate of drug-likeness (QED) is 0.739. The van der Waals surface area contributed by atoms with Crippen molar-refractivity contribution in [1.29, 1.82) is 0 Å². The van der Waals surface area contributed by atoms with Gasteiger partial charge in [-0.15, -0.1) is 0 Å². The second kappa shape index (κ2) is 5.19. The predicted octanol–water partition coefficient (Wildman–Crippen LogP) is 1.32. The van der Waals surface area contributed by atoms with Crippen LogP contribution < -0.4 is 10.6 Å². The van der Waals surface area contributed by atoms with Crippen molar-refractivity contribution in [1.82, 2.24) is 10.6 Å². The Balaban J connectivity index is 1.96. The first kappa shape index (κ1) is 11.9. The largest absolute Gasteiger partial charge is 0.508 e. The zero-order valence-corrected chi connectivity index (χ0v) is 9.94. The lowest BCUT2D eigenvalue weighted by Crippen LogP contribution is -2.41. The van der Waals surface area contributed by atoms with Gasteiger partial charge in [-0.2, -0.15) is 0 Å². The Labute approximate surface area is 101 Å². The molecule has 2 rings (SSSR count). The van der Waals surface area contributed by atoms with Crippen molar-refractivity contribution in [2.45, 2.75) is 31.8 Å².